The molecule has 0 saturated heterocycles. The van der Waals surface area contributed by atoms with Gasteiger partial charge in [0, 0.05) is 17.5 Å². The van der Waals surface area contributed by atoms with Gasteiger partial charge in [-0.2, -0.15) is 5.10 Å². The van der Waals surface area contributed by atoms with Crippen LogP contribution in [0, 0.1) is 6.92 Å². The van der Waals surface area contributed by atoms with E-state index in [2.05, 4.69) is 10.4 Å². The van der Waals surface area contributed by atoms with Crippen LogP contribution in [0.4, 0.5) is 0 Å². The van der Waals surface area contributed by atoms with Gasteiger partial charge in [0.2, 0.25) is 5.91 Å². The number of hydrogen-bond acceptors (Lipinski definition) is 6. The van der Waals surface area contributed by atoms with Crippen molar-refractivity contribution in [3.8, 4) is 0 Å². The zero-order valence-corrected chi connectivity index (χ0v) is 17.5. The lowest BCUT2D eigenvalue weighted by molar-refractivity contribution is -0.119. The van der Waals surface area contributed by atoms with Gasteiger partial charge in [0.25, 0.3) is 5.56 Å². The summed E-state index contributed by atoms with van der Waals surface area (Å²) in [5.74, 6) is 0.134. The molecule has 1 amide bonds. The second-order valence-corrected chi connectivity index (χ2v) is 8.45. The molecule has 9 heteroatoms. The Morgan fingerprint density at radius 3 is 2.81 bits per heavy atom. The lowest BCUT2D eigenvalue weighted by atomic mass is 10.3. The molecule has 3 aromatic heterocycles. The van der Waals surface area contributed by atoms with Gasteiger partial charge in [-0.25, -0.2) is 4.98 Å². The monoisotopic (exact) mass is 405 g/mol. The number of rotatable bonds is 7. The van der Waals surface area contributed by atoms with Crippen molar-refractivity contribution in [2.24, 2.45) is 0 Å². The van der Waals surface area contributed by atoms with E-state index >= 15 is 0 Å². The van der Waals surface area contributed by atoms with Crippen LogP contribution in [-0.4, -0.2) is 37.0 Å². The van der Waals surface area contributed by atoms with Gasteiger partial charge in [-0.15, -0.1) is 11.3 Å². The number of hydrogen-bond donors (Lipinski definition) is 1. The Morgan fingerprint density at radius 1 is 1.41 bits per heavy atom. The summed E-state index contributed by atoms with van der Waals surface area (Å²) in [7, 11) is 0. The predicted octanol–water partition coefficient (Wildman–Crippen LogP) is 2.65. The molecule has 0 aliphatic rings. The highest BCUT2D eigenvalue weighted by molar-refractivity contribution is 7.99. The van der Waals surface area contributed by atoms with E-state index in [-0.39, 0.29) is 23.3 Å². The van der Waals surface area contributed by atoms with Crippen molar-refractivity contribution < 1.29 is 4.79 Å². The molecule has 7 nitrogen and oxygen atoms in total. The fourth-order valence-corrected chi connectivity index (χ4v) is 4.31. The van der Waals surface area contributed by atoms with Gasteiger partial charge in [-0.05, 0) is 39.1 Å². The van der Waals surface area contributed by atoms with Crippen LogP contribution in [0.2, 0.25) is 0 Å². The molecule has 0 atom stereocenters. The quantitative estimate of drug-likeness (QED) is 0.483. The van der Waals surface area contributed by atoms with Gasteiger partial charge < -0.3 is 5.32 Å². The minimum Gasteiger partial charge on any atom is -0.353 e. The van der Waals surface area contributed by atoms with Gasteiger partial charge in [-0.3, -0.25) is 18.8 Å². The van der Waals surface area contributed by atoms with Crippen molar-refractivity contribution in [1.29, 1.82) is 0 Å². The molecule has 0 fully saturated rings. The average molecular weight is 406 g/mol. The number of thiophene rings is 1. The molecule has 3 heterocycles. The van der Waals surface area contributed by atoms with E-state index in [1.165, 1.54) is 11.8 Å². The number of fused-ring (bicyclic) bond motifs is 1. The highest BCUT2D eigenvalue weighted by Crippen LogP contribution is 2.21. The highest BCUT2D eigenvalue weighted by Gasteiger charge is 2.19. The first-order valence-electron chi connectivity index (χ1n) is 8.83. The van der Waals surface area contributed by atoms with E-state index in [9.17, 15) is 9.59 Å². The van der Waals surface area contributed by atoms with Crippen LogP contribution in [0.3, 0.4) is 0 Å². The Kier molecular flexibility index (Phi) is 6.01. The molecule has 3 rings (SSSR count). The third kappa shape index (κ3) is 4.24. The molecule has 0 radical (unpaired) electrons. The van der Waals surface area contributed by atoms with Gasteiger partial charge in [0.15, 0.2) is 10.7 Å². The number of nitrogens with zero attached hydrogens (tertiary/aromatic N) is 4. The summed E-state index contributed by atoms with van der Waals surface area (Å²) in [6.45, 7) is 8.67. The Balaban J connectivity index is 2.05. The van der Waals surface area contributed by atoms with Gasteiger partial charge in [0.1, 0.15) is 5.52 Å². The number of thioether (sulfide) groups is 1. The predicted molar refractivity (Wildman–Crippen MR) is 110 cm³/mol. The lowest BCUT2D eigenvalue weighted by Crippen LogP contribution is -2.32. The van der Waals surface area contributed by atoms with Gasteiger partial charge >= 0.3 is 0 Å². The first-order valence-corrected chi connectivity index (χ1v) is 10.7. The number of amides is 1. The molecular formula is C18H23N5O2S2. The Hall–Kier alpha value is -2.13. The van der Waals surface area contributed by atoms with Crippen molar-refractivity contribution in [2.45, 2.75) is 52.0 Å². The molecule has 0 unspecified atom stereocenters. The van der Waals surface area contributed by atoms with Crippen LogP contribution < -0.4 is 10.9 Å². The van der Waals surface area contributed by atoms with E-state index in [0.29, 0.717) is 29.3 Å². The molecule has 0 bridgehead atoms. The van der Waals surface area contributed by atoms with E-state index < -0.39 is 0 Å². The maximum atomic E-state index is 13.2. The zero-order chi connectivity index (χ0) is 19.6. The number of nitrogens with one attached hydrogen (secondary N) is 1. The van der Waals surface area contributed by atoms with Crippen LogP contribution in [0.25, 0.3) is 11.0 Å². The number of aromatic nitrogens is 4. The van der Waals surface area contributed by atoms with E-state index in [4.69, 9.17) is 4.98 Å². The Labute approximate surface area is 165 Å². The molecule has 0 spiro atoms. The number of carbonyl (C=O) groups excluding carboxylic acids is 1. The van der Waals surface area contributed by atoms with Crippen molar-refractivity contribution in [1.82, 2.24) is 24.6 Å². The normalized spacial score (nSPS) is 11.4. The summed E-state index contributed by atoms with van der Waals surface area (Å²) < 4.78 is 3.35. The third-order valence-electron chi connectivity index (χ3n) is 3.96. The summed E-state index contributed by atoms with van der Waals surface area (Å²) in [5.41, 5.74) is 1.72. The van der Waals surface area contributed by atoms with Crippen molar-refractivity contribution >= 4 is 40.0 Å². The standard InChI is InChI=1S/C18H23N5O2S2/c1-5-23-16-15(12(4)21-23)20-18(27-10-14(24)19-11(2)3)22(17(16)25)9-13-7-6-8-26-13/h6-8,11H,5,9-10H2,1-4H3,(H,19,24). The van der Waals surface area contributed by atoms with Crippen LogP contribution in [0.1, 0.15) is 31.3 Å². The van der Waals surface area contributed by atoms with Crippen LogP contribution in [-0.2, 0) is 17.9 Å². The molecular weight excluding hydrogens is 382 g/mol. The molecule has 0 aliphatic carbocycles. The minimum absolute atomic E-state index is 0.0758. The van der Waals surface area contributed by atoms with Crippen molar-refractivity contribution in [3.63, 3.8) is 0 Å². The van der Waals surface area contributed by atoms with Crippen molar-refractivity contribution in [2.75, 3.05) is 5.75 Å². The Bertz CT molecular complexity index is 1010. The molecule has 27 heavy (non-hydrogen) atoms. The first kappa shape index (κ1) is 19.6. The van der Waals surface area contributed by atoms with E-state index in [1.807, 2.05) is 45.2 Å². The molecule has 3 aromatic rings. The van der Waals surface area contributed by atoms with E-state index in [0.717, 1.165) is 10.6 Å². The second-order valence-electron chi connectivity index (χ2n) is 6.47. The smallest absolute Gasteiger partial charge is 0.280 e. The van der Waals surface area contributed by atoms with Gasteiger partial charge in [0.05, 0.1) is 18.0 Å². The highest BCUT2D eigenvalue weighted by atomic mass is 32.2. The summed E-state index contributed by atoms with van der Waals surface area (Å²) in [6.07, 6.45) is 0. The molecule has 144 valence electrons. The topological polar surface area (TPSA) is 81.8 Å². The van der Waals surface area contributed by atoms with Gasteiger partial charge in [-0.1, -0.05) is 17.8 Å². The average Bonchev–Trinajstić information content (AvgIpc) is 3.23. The maximum Gasteiger partial charge on any atom is 0.280 e. The second kappa shape index (κ2) is 8.26. The maximum absolute atomic E-state index is 13.2. The number of aryl methyl sites for hydroxylation is 2. The van der Waals surface area contributed by atoms with Crippen LogP contribution >= 0.6 is 23.1 Å². The third-order valence-corrected chi connectivity index (χ3v) is 5.80. The van der Waals surface area contributed by atoms with Crippen molar-refractivity contribution in [3.05, 3.63) is 38.4 Å². The summed E-state index contributed by atoms with van der Waals surface area (Å²) in [4.78, 5) is 31.1. The molecule has 1 N–H and O–H groups in total. The lowest BCUT2D eigenvalue weighted by Gasteiger charge is -2.12. The Morgan fingerprint density at radius 2 is 2.19 bits per heavy atom. The minimum atomic E-state index is -0.123. The zero-order valence-electron chi connectivity index (χ0n) is 15.9. The van der Waals surface area contributed by atoms with Crippen LogP contribution in [0.5, 0.6) is 0 Å². The van der Waals surface area contributed by atoms with E-state index in [1.54, 1.807) is 20.6 Å². The fraction of sp³-hybridized carbons (Fsp3) is 0.444. The molecule has 0 saturated carbocycles. The molecule has 0 aromatic carbocycles. The molecule has 0 aliphatic heterocycles. The largest absolute Gasteiger partial charge is 0.353 e. The fourth-order valence-electron chi connectivity index (χ4n) is 2.82. The summed E-state index contributed by atoms with van der Waals surface area (Å²) in [5, 5.41) is 9.83. The SMILES string of the molecule is CCn1nc(C)c2nc(SCC(=O)NC(C)C)n(Cc3cccs3)c(=O)c21. The number of carbonyl (C=O) groups is 1. The van der Waals surface area contributed by atoms with Crippen LogP contribution in [0.15, 0.2) is 27.5 Å². The summed E-state index contributed by atoms with van der Waals surface area (Å²) in [6, 6.07) is 4.02. The first-order chi connectivity index (χ1) is 12.9. The summed E-state index contributed by atoms with van der Waals surface area (Å²) >= 11 is 2.87.